The highest BCUT2D eigenvalue weighted by molar-refractivity contribution is 5.37. The van der Waals surface area contributed by atoms with E-state index >= 15 is 0 Å². The second-order valence-corrected chi connectivity index (χ2v) is 7.33. The first-order valence-corrected chi connectivity index (χ1v) is 7.95. The van der Waals surface area contributed by atoms with Crippen molar-refractivity contribution in [1.82, 2.24) is 14.9 Å². The summed E-state index contributed by atoms with van der Waals surface area (Å²) in [5.74, 6) is 0. The van der Waals surface area contributed by atoms with Crippen LogP contribution in [0.25, 0.3) is 0 Å². The van der Waals surface area contributed by atoms with Crippen LogP contribution >= 0.6 is 0 Å². The van der Waals surface area contributed by atoms with Gasteiger partial charge >= 0.3 is 0 Å². The molecule has 1 aliphatic carbocycles. The van der Waals surface area contributed by atoms with E-state index in [4.69, 9.17) is 0 Å². The molecule has 22 heavy (non-hydrogen) atoms. The van der Waals surface area contributed by atoms with Crippen LogP contribution in [0.3, 0.4) is 0 Å². The van der Waals surface area contributed by atoms with Crippen molar-refractivity contribution >= 4 is 0 Å². The third-order valence-electron chi connectivity index (χ3n) is 5.05. The van der Waals surface area contributed by atoms with Crippen molar-refractivity contribution in [2.24, 2.45) is 5.41 Å². The molecule has 3 heteroatoms. The van der Waals surface area contributed by atoms with Crippen molar-refractivity contribution in [2.45, 2.75) is 39.2 Å². The summed E-state index contributed by atoms with van der Waals surface area (Å²) in [4.78, 5) is 11.2. The van der Waals surface area contributed by atoms with Crippen LogP contribution in [0.15, 0.2) is 42.7 Å². The lowest BCUT2D eigenvalue weighted by molar-refractivity contribution is 0.268. The molecule has 0 bridgehead atoms. The van der Waals surface area contributed by atoms with Gasteiger partial charge in [-0.2, -0.15) is 0 Å². The fourth-order valence-electron chi connectivity index (χ4n) is 3.62. The SMILES string of the molecule is Cc1cnc(CN(C)C[C@@]2(c3ccccc3)CC2(C)C)cn1. The second kappa shape index (κ2) is 5.47. The molecule has 116 valence electrons. The maximum absolute atomic E-state index is 4.47. The molecule has 0 saturated heterocycles. The van der Waals surface area contributed by atoms with Crippen molar-refractivity contribution in [3.63, 3.8) is 0 Å². The van der Waals surface area contributed by atoms with E-state index in [-0.39, 0.29) is 5.41 Å². The zero-order chi connectivity index (χ0) is 15.8. The van der Waals surface area contributed by atoms with E-state index in [0.717, 1.165) is 24.5 Å². The summed E-state index contributed by atoms with van der Waals surface area (Å²) in [6.45, 7) is 8.62. The first-order valence-electron chi connectivity index (χ1n) is 7.95. The van der Waals surface area contributed by atoms with E-state index in [0.29, 0.717) is 5.41 Å². The van der Waals surface area contributed by atoms with Crippen LogP contribution in [-0.2, 0) is 12.0 Å². The zero-order valence-electron chi connectivity index (χ0n) is 14.0. The first-order chi connectivity index (χ1) is 10.4. The Bertz CT molecular complexity index is 633. The van der Waals surface area contributed by atoms with Gasteiger partial charge in [-0.25, -0.2) is 0 Å². The van der Waals surface area contributed by atoms with Crippen LogP contribution in [0.5, 0.6) is 0 Å². The van der Waals surface area contributed by atoms with Gasteiger partial charge in [-0.15, -0.1) is 0 Å². The molecule has 0 N–H and O–H groups in total. The van der Waals surface area contributed by atoms with E-state index in [9.17, 15) is 0 Å². The number of nitrogens with zero attached hydrogens (tertiary/aromatic N) is 3. The van der Waals surface area contributed by atoms with Crippen molar-refractivity contribution in [3.05, 3.63) is 59.7 Å². The maximum Gasteiger partial charge on any atom is 0.0726 e. The van der Waals surface area contributed by atoms with E-state index in [1.54, 1.807) is 0 Å². The van der Waals surface area contributed by atoms with Gasteiger partial charge in [-0.3, -0.25) is 14.9 Å². The molecule has 0 radical (unpaired) electrons. The van der Waals surface area contributed by atoms with Gasteiger partial charge in [-0.05, 0) is 31.4 Å². The molecule has 1 aromatic heterocycles. The Kier molecular flexibility index (Phi) is 3.77. The van der Waals surface area contributed by atoms with E-state index in [1.165, 1.54) is 12.0 Å². The number of benzene rings is 1. The smallest absolute Gasteiger partial charge is 0.0726 e. The molecule has 0 aliphatic heterocycles. The Morgan fingerprint density at radius 1 is 1.09 bits per heavy atom. The lowest BCUT2D eigenvalue weighted by atomic mass is 9.87. The lowest BCUT2D eigenvalue weighted by Gasteiger charge is -2.27. The van der Waals surface area contributed by atoms with Crippen LogP contribution in [0, 0.1) is 12.3 Å². The van der Waals surface area contributed by atoms with Gasteiger partial charge in [0, 0.05) is 30.9 Å². The third-order valence-corrected chi connectivity index (χ3v) is 5.05. The quantitative estimate of drug-likeness (QED) is 0.844. The van der Waals surface area contributed by atoms with Gasteiger partial charge in [0.05, 0.1) is 11.4 Å². The van der Waals surface area contributed by atoms with Gasteiger partial charge in [0.2, 0.25) is 0 Å². The Morgan fingerprint density at radius 3 is 2.32 bits per heavy atom. The fourth-order valence-corrected chi connectivity index (χ4v) is 3.62. The largest absolute Gasteiger partial charge is 0.300 e. The highest BCUT2D eigenvalue weighted by Gasteiger charge is 2.61. The Morgan fingerprint density at radius 2 is 1.77 bits per heavy atom. The topological polar surface area (TPSA) is 29.0 Å². The summed E-state index contributed by atoms with van der Waals surface area (Å²) >= 11 is 0. The predicted octanol–water partition coefficient (Wildman–Crippen LogP) is 3.58. The molecule has 0 unspecified atom stereocenters. The average Bonchev–Trinajstić information content (AvgIpc) is 3.04. The second-order valence-electron chi connectivity index (χ2n) is 7.33. The van der Waals surface area contributed by atoms with Crippen LogP contribution in [0.4, 0.5) is 0 Å². The van der Waals surface area contributed by atoms with Crippen LogP contribution < -0.4 is 0 Å². The highest BCUT2D eigenvalue weighted by Crippen LogP contribution is 2.64. The Labute approximate surface area is 133 Å². The number of aromatic nitrogens is 2. The fraction of sp³-hybridized carbons (Fsp3) is 0.474. The number of rotatable bonds is 5. The zero-order valence-corrected chi connectivity index (χ0v) is 14.0. The van der Waals surface area contributed by atoms with Crippen LogP contribution in [0.1, 0.15) is 37.2 Å². The number of hydrogen-bond donors (Lipinski definition) is 0. The molecule has 1 aliphatic rings. The molecule has 2 aromatic rings. The summed E-state index contributed by atoms with van der Waals surface area (Å²) in [6.07, 6.45) is 4.98. The number of aryl methyl sites for hydroxylation is 1. The Balaban J connectivity index is 1.74. The van der Waals surface area contributed by atoms with Crippen LogP contribution in [0.2, 0.25) is 0 Å². The molecule has 1 aromatic carbocycles. The lowest BCUT2D eigenvalue weighted by Crippen LogP contribution is -2.32. The van der Waals surface area contributed by atoms with Gasteiger partial charge in [0.25, 0.3) is 0 Å². The number of likely N-dealkylation sites (N-methyl/N-ethyl adjacent to an activating group) is 1. The van der Waals surface area contributed by atoms with E-state index in [2.05, 4.69) is 66.1 Å². The molecule has 1 saturated carbocycles. The summed E-state index contributed by atoms with van der Waals surface area (Å²) in [7, 11) is 2.18. The van der Waals surface area contributed by atoms with Crippen LogP contribution in [-0.4, -0.2) is 28.5 Å². The summed E-state index contributed by atoms with van der Waals surface area (Å²) in [5.41, 5.74) is 4.09. The first kappa shape index (κ1) is 15.2. The monoisotopic (exact) mass is 295 g/mol. The Hall–Kier alpha value is -1.74. The van der Waals surface area contributed by atoms with Gasteiger partial charge < -0.3 is 0 Å². The summed E-state index contributed by atoms with van der Waals surface area (Å²) in [6, 6.07) is 10.9. The molecule has 0 spiro atoms. The van der Waals surface area contributed by atoms with Gasteiger partial charge in [0.1, 0.15) is 0 Å². The molecular weight excluding hydrogens is 270 g/mol. The van der Waals surface area contributed by atoms with Crippen molar-refractivity contribution in [1.29, 1.82) is 0 Å². The minimum Gasteiger partial charge on any atom is -0.300 e. The molecule has 0 amide bonds. The molecule has 1 fully saturated rings. The molecule has 3 nitrogen and oxygen atoms in total. The standard InChI is InChI=1S/C19H25N3/c1-15-10-21-17(11-20-15)12-22(4)14-19(13-18(19,2)3)16-8-6-5-7-9-16/h5-11H,12-14H2,1-4H3/t19-/m1/s1. The maximum atomic E-state index is 4.47. The van der Waals surface area contributed by atoms with E-state index < -0.39 is 0 Å². The van der Waals surface area contributed by atoms with Gasteiger partial charge in [-0.1, -0.05) is 44.2 Å². The summed E-state index contributed by atoms with van der Waals surface area (Å²) < 4.78 is 0. The normalized spacial score (nSPS) is 22.8. The molecule has 1 heterocycles. The molecule has 3 rings (SSSR count). The highest BCUT2D eigenvalue weighted by atomic mass is 15.1. The minimum absolute atomic E-state index is 0.265. The van der Waals surface area contributed by atoms with Crippen molar-refractivity contribution in [2.75, 3.05) is 13.6 Å². The number of hydrogen-bond acceptors (Lipinski definition) is 3. The third kappa shape index (κ3) is 2.78. The predicted molar refractivity (Wildman–Crippen MR) is 89.6 cm³/mol. The average molecular weight is 295 g/mol. The minimum atomic E-state index is 0.265. The molecular formula is C19H25N3. The summed E-state index contributed by atoms with van der Waals surface area (Å²) in [5, 5.41) is 0. The van der Waals surface area contributed by atoms with Crippen molar-refractivity contribution < 1.29 is 0 Å². The van der Waals surface area contributed by atoms with Crippen molar-refractivity contribution in [3.8, 4) is 0 Å². The molecule has 1 atom stereocenters. The van der Waals surface area contributed by atoms with Gasteiger partial charge in [0.15, 0.2) is 0 Å². The van der Waals surface area contributed by atoms with E-state index in [1.807, 2.05) is 19.3 Å².